The highest BCUT2D eigenvalue weighted by molar-refractivity contribution is 7.99. The number of epoxide rings is 1. The number of benzene rings is 2. The first-order valence-electron chi connectivity index (χ1n) is 21.8. The zero-order valence-corrected chi connectivity index (χ0v) is 38.7. The minimum absolute atomic E-state index is 0.00527. The molecule has 334 valence electrons. The van der Waals surface area contributed by atoms with Crippen LogP contribution in [-0.4, -0.2) is 99.8 Å². The zero-order chi connectivity index (χ0) is 45.3. The van der Waals surface area contributed by atoms with E-state index in [1.807, 2.05) is 62.7 Å². The van der Waals surface area contributed by atoms with Crippen LogP contribution in [0.15, 0.2) is 116 Å². The van der Waals surface area contributed by atoms with Crippen molar-refractivity contribution >= 4 is 47.0 Å². The van der Waals surface area contributed by atoms with Gasteiger partial charge < -0.3 is 29.4 Å². The molecule has 2 saturated carbocycles. The number of ketones is 2. The number of carbonyl (C=O) groups excluding carboxylic acids is 2. The molecule has 0 bridgehead atoms. The predicted molar refractivity (Wildman–Crippen MR) is 242 cm³/mol. The number of nitrogens with zero attached hydrogens (tertiary/aromatic N) is 2. The number of aliphatic carboxylic acids is 2. The maximum absolute atomic E-state index is 14.0. The van der Waals surface area contributed by atoms with Crippen molar-refractivity contribution in [2.45, 2.75) is 98.7 Å². The van der Waals surface area contributed by atoms with Crippen molar-refractivity contribution < 1.29 is 43.7 Å². The van der Waals surface area contributed by atoms with E-state index in [1.165, 1.54) is 44.5 Å². The normalized spacial score (nSPS) is 33.8. The highest BCUT2D eigenvalue weighted by Crippen LogP contribution is 2.81. The van der Waals surface area contributed by atoms with E-state index in [0.717, 1.165) is 38.8 Å². The standard InChI is InChI=1S/C26H30O5.C20H24N2S2.C4H4O4/c1-22(2)17(27)7-9-23(3)16-6-10-24(4)15(14-8-11-30-13-14)12-18-26(24,31-18)25(16,5)21(29)19(28)20(22)23;1-21-9-11-22(12-10-21)18-13-15-5-3-4-6-19(15)24-20-8-7-16(23-2)14-17(18)20;5-3(6)1-2-4(7)8/h7-9,11,13,15-16,18,28H,6,10,12H2,1-5H3;3-8,14,18H,9-13H2,1-2H3;1-2H,(H,5,6)(H,7,8). The Labute approximate surface area is 378 Å². The highest BCUT2D eigenvalue weighted by atomic mass is 32.2. The van der Waals surface area contributed by atoms with Crippen molar-refractivity contribution in [3.05, 3.63) is 113 Å². The lowest BCUT2D eigenvalue weighted by Gasteiger charge is -2.62. The fraction of sp³-hybridized carbons (Fsp3) is 0.480. The van der Waals surface area contributed by atoms with E-state index in [4.69, 9.17) is 19.4 Å². The van der Waals surface area contributed by atoms with Crippen molar-refractivity contribution in [1.82, 2.24) is 9.80 Å². The fourth-order valence-electron chi connectivity index (χ4n) is 12.6. The molecule has 10 rings (SSSR count). The lowest BCUT2D eigenvalue weighted by Crippen LogP contribution is -2.66. The Bertz CT molecular complexity index is 2400. The van der Waals surface area contributed by atoms with E-state index in [9.17, 15) is 24.3 Å². The third-order valence-corrected chi connectivity index (χ3v) is 17.6. The van der Waals surface area contributed by atoms with Crippen molar-refractivity contribution in [2.75, 3.05) is 39.5 Å². The summed E-state index contributed by atoms with van der Waals surface area (Å²) in [6.45, 7) is 14.7. The average Bonchev–Trinajstić information content (AvgIpc) is 3.68. The van der Waals surface area contributed by atoms with Crippen LogP contribution in [0.5, 0.6) is 0 Å². The summed E-state index contributed by atoms with van der Waals surface area (Å²) in [4.78, 5) is 55.2. The van der Waals surface area contributed by atoms with Crippen LogP contribution in [0.25, 0.3) is 0 Å². The minimum Gasteiger partial charge on any atom is -0.504 e. The first-order valence-corrected chi connectivity index (χ1v) is 23.8. The number of ether oxygens (including phenoxy) is 1. The molecule has 3 aliphatic heterocycles. The van der Waals surface area contributed by atoms with Gasteiger partial charge in [-0.2, -0.15) is 0 Å². The molecule has 3 N–H and O–H groups in total. The Balaban J connectivity index is 0.000000151. The molecule has 63 heavy (non-hydrogen) atoms. The van der Waals surface area contributed by atoms with Crippen LogP contribution in [0.1, 0.15) is 82.5 Å². The number of piperazine rings is 1. The summed E-state index contributed by atoms with van der Waals surface area (Å²) in [5, 5.41) is 27.0. The Morgan fingerprint density at radius 1 is 0.937 bits per heavy atom. The van der Waals surface area contributed by atoms with Gasteiger partial charge in [-0.15, -0.1) is 11.8 Å². The number of aliphatic hydroxyl groups is 1. The van der Waals surface area contributed by atoms with Crippen molar-refractivity contribution in [2.24, 2.45) is 27.6 Å². The fourth-order valence-corrected chi connectivity index (χ4v) is 14.2. The van der Waals surface area contributed by atoms with E-state index in [1.54, 1.807) is 12.3 Å². The summed E-state index contributed by atoms with van der Waals surface area (Å²) in [5.41, 5.74) is 1.62. The maximum Gasteiger partial charge on any atom is 0.328 e. The molecule has 8 atom stereocenters. The number of likely N-dealkylation sites (N-methyl/N-ethyl adjacent to an activating group) is 1. The SMILES string of the molecule is CC1(C)C(=O)C=CC2(C)C1=C(O)C(=O)C1(C)C2CCC2(C)C(c3ccoc3)CC3OC321.CSc1ccc2c(c1)C(N1CCN(C)CC1)Cc1ccccc1S2.O=C(O)C=CC(=O)O. The third-order valence-electron chi connectivity index (χ3n) is 15.7. The van der Waals surface area contributed by atoms with Crippen LogP contribution >= 0.6 is 23.5 Å². The van der Waals surface area contributed by atoms with Gasteiger partial charge in [-0.25, -0.2) is 9.59 Å². The first kappa shape index (κ1) is 45.2. The van der Waals surface area contributed by atoms with Crippen molar-refractivity contribution in [1.29, 1.82) is 0 Å². The molecule has 1 spiro atoms. The van der Waals surface area contributed by atoms with Crippen molar-refractivity contribution in [3.63, 3.8) is 0 Å². The number of thioether (sulfide) groups is 1. The van der Waals surface area contributed by atoms with E-state index in [0.29, 0.717) is 23.8 Å². The number of carboxylic acid groups (broad SMARTS) is 2. The molecule has 11 nitrogen and oxygen atoms in total. The quantitative estimate of drug-likeness (QED) is 0.127. The third kappa shape index (κ3) is 7.26. The molecule has 7 aliphatic rings. The highest BCUT2D eigenvalue weighted by Gasteiger charge is 2.87. The molecule has 0 amide bonds. The van der Waals surface area contributed by atoms with Gasteiger partial charge >= 0.3 is 11.9 Å². The Kier molecular flexibility index (Phi) is 11.9. The molecule has 4 aliphatic carbocycles. The number of hydrogen-bond donors (Lipinski definition) is 3. The van der Waals surface area contributed by atoms with Gasteiger partial charge in [0.2, 0.25) is 5.78 Å². The average molecular weight is 895 g/mol. The summed E-state index contributed by atoms with van der Waals surface area (Å²) in [5.74, 6) is -2.83. The molecule has 4 fully saturated rings. The summed E-state index contributed by atoms with van der Waals surface area (Å²) in [7, 11) is 2.23. The maximum atomic E-state index is 14.0. The van der Waals surface area contributed by atoms with Gasteiger partial charge in [0.25, 0.3) is 0 Å². The lowest BCUT2D eigenvalue weighted by atomic mass is 9.39. The zero-order valence-electron chi connectivity index (χ0n) is 37.1. The molecule has 0 radical (unpaired) electrons. The molecule has 1 aromatic heterocycles. The van der Waals surface area contributed by atoms with Gasteiger partial charge in [0, 0.05) is 69.9 Å². The van der Waals surface area contributed by atoms with Crippen LogP contribution in [0.3, 0.4) is 0 Å². The Hall–Kier alpha value is -4.40. The van der Waals surface area contributed by atoms with Gasteiger partial charge in [-0.3, -0.25) is 14.5 Å². The number of Topliss-reactive ketones (excluding diaryl/α,β-unsaturated/α-hetero) is 1. The Morgan fingerprint density at radius 3 is 2.29 bits per heavy atom. The van der Waals surface area contributed by atoms with Gasteiger partial charge in [0.1, 0.15) is 5.60 Å². The van der Waals surface area contributed by atoms with Crippen LogP contribution in [0, 0.1) is 27.6 Å². The number of aliphatic hydroxyl groups excluding tert-OH is 1. The second kappa shape index (κ2) is 16.5. The smallest absolute Gasteiger partial charge is 0.328 e. The summed E-state index contributed by atoms with van der Waals surface area (Å²) in [6.07, 6.45) is 14.2. The van der Waals surface area contributed by atoms with Crippen molar-refractivity contribution in [3.8, 4) is 0 Å². The molecule has 13 heteroatoms. The molecule has 8 unspecified atom stereocenters. The molecule has 2 saturated heterocycles. The summed E-state index contributed by atoms with van der Waals surface area (Å²) >= 11 is 3.79. The molecular formula is C50H58N2O9S2. The van der Waals surface area contributed by atoms with Gasteiger partial charge in [-0.05, 0) is 130 Å². The lowest BCUT2D eigenvalue weighted by molar-refractivity contribution is -0.162. The molecule has 2 aromatic carbocycles. The summed E-state index contributed by atoms with van der Waals surface area (Å²) < 4.78 is 11.9. The second-order valence-electron chi connectivity index (χ2n) is 19.2. The van der Waals surface area contributed by atoms with Gasteiger partial charge in [-0.1, -0.05) is 49.9 Å². The number of furan rings is 1. The molecule has 4 heterocycles. The van der Waals surface area contributed by atoms with Crippen LogP contribution in [-0.2, 0) is 30.3 Å². The van der Waals surface area contributed by atoms with E-state index >= 15 is 0 Å². The number of carbonyl (C=O) groups is 4. The van der Waals surface area contributed by atoms with Gasteiger partial charge in [0.05, 0.1) is 29.5 Å². The summed E-state index contributed by atoms with van der Waals surface area (Å²) in [6, 6.07) is 18.5. The number of allylic oxidation sites excluding steroid dienone is 4. The van der Waals surface area contributed by atoms with E-state index < -0.39 is 33.8 Å². The predicted octanol–water partition coefficient (Wildman–Crippen LogP) is 9.01. The van der Waals surface area contributed by atoms with Crippen LogP contribution < -0.4 is 0 Å². The number of hydrogen-bond acceptors (Lipinski definition) is 11. The minimum atomic E-state index is -1.26. The number of carboxylic acids is 2. The van der Waals surface area contributed by atoms with Crippen LogP contribution in [0.2, 0.25) is 0 Å². The topological polar surface area (TPSA) is 161 Å². The molecule has 3 aromatic rings. The van der Waals surface area contributed by atoms with E-state index in [-0.39, 0.29) is 40.7 Å². The van der Waals surface area contributed by atoms with E-state index in [2.05, 4.69) is 79.4 Å². The molecular weight excluding hydrogens is 837 g/mol. The first-order chi connectivity index (χ1) is 29.8. The number of fused-ring (bicyclic) bond motifs is 5. The number of rotatable bonds is 5. The Morgan fingerprint density at radius 2 is 1.63 bits per heavy atom. The van der Waals surface area contributed by atoms with Crippen LogP contribution in [0.4, 0.5) is 0 Å². The monoisotopic (exact) mass is 894 g/mol. The van der Waals surface area contributed by atoms with Gasteiger partial charge in [0.15, 0.2) is 11.5 Å². The largest absolute Gasteiger partial charge is 0.504 e. The second-order valence-corrected chi connectivity index (χ2v) is 21.2.